The number of fused-ring (bicyclic) bond motifs is 1. The zero-order valence-corrected chi connectivity index (χ0v) is 22.1. The third kappa shape index (κ3) is 6.80. The summed E-state index contributed by atoms with van der Waals surface area (Å²) in [6.07, 6.45) is 3.39. The van der Waals surface area contributed by atoms with Crippen LogP contribution < -0.4 is 11.3 Å². The number of carboxylic acid groups (broad SMARTS) is 1. The second-order valence-corrected chi connectivity index (χ2v) is 10.1. The van der Waals surface area contributed by atoms with E-state index < -0.39 is 11.6 Å². The maximum absolute atomic E-state index is 12.8. The van der Waals surface area contributed by atoms with Crippen LogP contribution in [0.3, 0.4) is 0 Å². The van der Waals surface area contributed by atoms with Crippen LogP contribution in [0.4, 0.5) is 4.79 Å². The van der Waals surface area contributed by atoms with Gasteiger partial charge in [-0.25, -0.2) is 9.78 Å². The number of ether oxygens (including phenoxy) is 1. The van der Waals surface area contributed by atoms with Crippen molar-refractivity contribution in [2.24, 2.45) is 0 Å². The molecule has 0 spiro atoms. The number of halogens is 1. The lowest BCUT2D eigenvalue weighted by Gasteiger charge is -2.30. The van der Waals surface area contributed by atoms with Crippen molar-refractivity contribution >= 4 is 38.8 Å². The largest absolute Gasteiger partial charge is 0.550 e. The summed E-state index contributed by atoms with van der Waals surface area (Å²) in [5.41, 5.74) is 1.51. The fraction of sp³-hybridized carbons (Fsp3) is 0.400. The Kier molecular flexibility index (Phi) is 8.85. The molecule has 9 heteroatoms. The van der Waals surface area contributed by atoms with E-state index in [-0.39, 0.29) is 24.3 Å². The van der Waals surface area contributed by atoms with E-state index in [1.54, 1.807) is 0 Å². The Labute approximate surface area is 208 Å². The van der Waals surface area contributed by atoms with Gasteiger partial charge in [0.15, 0.2) is 0 Å². The van der Waals surface area contributed by atoms with Crippen molar-refractivity contribution in [1.29, 1.82) is 0 Å². The van der Waals surface area contributed by atoms with Crippen LogP contribution in [0.25, 0.3) is 22.0 Å². The molecule has 0 radical (unpaired) electrons. The minimum Gasteiger partial charge on any atom is -0.550 e. The number of benzene rings is 2. The van der Waals surface area contributed by atoms with Gasteiger partial charge >= 0.3 is 6.09 Å². The highest BCUT2D eigenvalue weighted by Crippen LogP contribution is 2.37. The van der Waals surface area contributed by atoms with Crippen molar-refractivity contribution in [3.05, 3.63) is 52.9 Å². The number of nitrogens with zero attached hydrogens (tertiary/aromatic N) is 2. The molecule has 0 saturated carbocycles. The number of rotatable bonds is 2. The number of H-pyrrole nitrogens is 1. The topological polar surface area (TPSA) is 135 Å². The molecule has 2 atom stereocenters. The molecule has 1 aromatic heterocycles. The van der Waals surface area contributed by atoms with Crippen LogP contribution >= 0.6 is 15.9 Å². The van der Waals surface area contributed by atoms with Crippen LogP contribution in [0, 0.1) is 0 Å². The Morgan fingerprint density at radius 3 is 2.41 bits per heavy atom. The van der Waals surface area contributed by atoms with Crippen molar-refractivity contribution in [1.82, 2.24) is 21.0 Å². The Morgan fingerprint density at radius 2 is 1.76 bits per heavy atom. The quantitative estimate of drug-likeness (QED) is 0.443. The first-order chi connectivity index (χ1) is 15.4. The van der Waals surface area contributed by atoms with E-state index >= 15 is 0 Å². The second kappa shape index (κ2) is 11.0. The standard InChI is InChI=1S/C23H26BrN3O2.C2H4O2.H3N/c1-14-5-10-20(27(14)22(28)29-23(2,3)4)21-25-13-19(26-21)17-7-6-16-12-18(24)9-8-15(16)11-17;1-2(3)4;/h6-9,11-14,20H,5,10H2,1-4H3,(H,25,26);1H3,(H,3,4);1H3/t14-,20-;;/m0../s1. The van der Waals surface area contributed by atoms with E-state index in [2.05, 4.69) is 63.2 Å². The van der Waals surface area contributed by atoms with Crippen LogP contribution in [-0.4, -0.2) is 38.6 Å². The van der Waals surface area contributed by atoms with Gasteiger partial charge in [0.05, 0.1) is 17.9 Å². The first-order valence-corrected chi connectivity index (χ1v) is 11.7. The number of imidazole rings is 1. The summed E-state index contributed by atoms with van der Waals surface area (Å²) < 4.78 is 6.70. The van der Waals surface area contributed by atoms with E-state index in [1.807, 2.05) is 37.9 Å². The maximum atomic E-state index is 12.8. The first kappa shape index (κ1) is 27.3. The van der Waals surface area contributed by atoms with Gasteiger partial charge < -0.3 is 25.8 Å². The molecule has 5 N–H and O–H groups in total. The predicted octanol–water partition coefficient (Wildman–Crippen LogP) is 5.59. The van der Waals surface area contributed by atoms with Crippen LogP contribution in [0.15, 0.2) is 47.1 Å². The lowest BCUT2D eigenvalue weighted by molar-refractivity contribution is -0.302. The minimum absolute atomic E-state index is 0. The van der Waals surface area contributed by atoms with Crippen molar-refractivity contribution < 1.29 is 19.4 Å². The summed E-state index contributed by atoms with van der Waals surface area (Å²) in [7, 11) is 0. The lowest BCUT2D eigenvalue weighted by Crippen LogP contribution is -2.40. The molecule has 1 aliphatic rings. The minimum atomic E-state index is -1.08. The molecule has 0 unspecified atom stereocenters. The molecule has 1 saturated heterocycles. The number of hydrogen-bond acceptors (Lipinski definition) is 5. The Morgan fingerprint density at radius 1 is 1.15 bits per heavy atom. The second-order valence-electron chi connectivity index (χ2n) is 9.21. The van der Waals surface area contributed by atoms with Gasteiger partial charge in [0.2, 0.25) is 0 Å². The number of aromatic nitrogens is 2. The van der Waals surface area contributed by atoms with Crippen molar-refractivity contribution in [2.75, 3.05) is 0 Å². The average molecular weight is 533 g/mol. The molecule has 1 amide bonds. The summed E-state index contributed by atoms with van der Waals surface area (Å²) in [5.74, 6) is -0.272. The number of hydrogen-bond donors (Lipinski definition) is 2. The number of aliphatic carboxylic acids is 1. The van der Waals surface area contributed by atoms with E-state index in [0.717, 1.165) is 41.3 Å². The molecule has 1 fully saturated rings. The van der Waals surface area contributed by atoms with Gasteiger partial charge in [-0.1, -0.05) is 34.1 Å². The van der Waals surface area contributed by atoms with Crippen LogP contribution in [0.5, 0.6) is 0 Å². The Balaban J connectivity index is 0.000000758. The Hall–Kier alpha value is -2.91. The molecule has 2 heterocycles. The number of carboxylic acids is 1. The maximum Gasteiger partial charge on any atom is 0.411 e. The summed E-state index contributed by atoms with van der Waals surface area (Å²) in [4.78, 5) is 31.5. The number of quaternary nitrogens is 1. The highest BCUT2D eigenvalue weighted by Gasteiger charge is 2.39. The van der Waals surface area contributed by atoms with Gasteiger partial charge in [0, 0.05) is 22.0 Å². The number of likely N-dealkylation sites (tertiary alicyclic amines) is 1. The molecule has 34 heavy (non-hydrogen) atoms. The van der Waals surface area contributed by atoms with Crippen LogP contribution in [0.2, 0.25) is 0 Å². The van der Waals surface area contributed by atoms with Gasteiger partial charge in [-0.2, -0.15) is 0 Å². The van der Waals surface area contributed by atoms with Gasteiger partial charge in [-0.05, 0) is 76.4 Å². The summed E-state index contributed by atoms with van der Waals surface area (Å²) >= 11 is 3.52. The highest BCUT2D eigenvalue weighted by atomic mass is 79.9. The number of carbonyl (C=O) groups excluding carboxylic acids is 2. The SMILES string of the molecule is CC(=O)[O-].C[C@H]1CC[C@@H](c2ncc(-c3ccc4cc(Br)ccc4c3)[nH]2)N1C(=O)OC(C)(C)C.[NH4+]. The summed E-state index contributed by atoms with van der Waals surface area (Å²) in [6.45, 7) is 8.72. The predicted molar refractivity (Wildman–Crippen MR) is 135 cm³/mol. The van der Waals surface area contributed by atoms with Gasteiger partial charge in [0.25, 0.3) is 0 Å². The fourth-order valence-corrected chi connectivity index (χ4v) is 4.29. The number of amides is 1. The van der Waals surface area contributed by atoms with E-state index in [9.17, 15) is 4.79 Å². The third-order valence-electron chi connectivity index (χ3n) is 5.30. The third-order valence-corrected chi connectivity index (χ3v) is 5.79. The zero-order valence-electron chi connectivity index (χ0n) is 20.5. The smallest absolute Gasteiger partial charge is 0.411 e. The molecule has 0 bridgehead atoms. The fourth-order valence-electron chi connectivity index (χ4n) is 3.91. The normalized spacial score (nSPS) is 17.5. The molecular formula is C25H33BrN4O4. The molecule has 4 rings (SSSR count). The lowest BCUT2D eigenvalue weighted by atomic mass is 10.1. The van der Waals surface area contributed by atoms with Crippen molar-refractivity contribution in [3.8, 4) is 11.3 Å². The molecular weight excluding hydrogens is 500 g/mol. The van der Waals surface area contributed by atoms with Gasteiger partial charge in [0.1, 0.15) is 11.4 Å². The zero-order chi connectivity index (χ0) is 24.3. The number of carbonyl (C=O) groups is 2. The molecule has 184 valence electrons. The molecule has 1 aliphatic heterocycles. The average Bonchev–Trinajstić information content (AvgIpc) is 3.32. The van der Waals surface area contributed by atoms with E-state index in [4.69, 9.17) is 14.6 Å². The number of aromatic amines is 1. The molecule has 0 aliphatic carbocycles. The molecule has 8 nitrogen and oxygen atoms in total. The van der Waals surface area contributed by atoms with Crippen molar-refractivity contribution in [2.45, 2.75) is 65.1 Å². The van der Waals surface area contributed by atoms with Gasteiger partial charge in [-0.15, -0.1) is 0 Å². The van der Waals surface area contributed by atoms with Gasteiger partial charge in [-0.3, -0.25) is 4.90 Å². The Bertz CT molecular complexity index is 1150. The monoisotopic (exact) mass is 532 g/mol. The van der Waals surface area contributed by atoms with E-state index in [0.29, 0.717) is 0 Å². The highest BCUT2D eigenvalue weighted by molar-refractivity contribution is 9.10. The molecule has 3 aromatic rings. The summed E-state index contributed by atoms with van der Waals surface area (Å²) in [6, 6.07) is 12.6. The first-order valence-electron chi connectivity index (χ1n) is 10.9. The van der Waals surface area contributed by atoms with Crippen LogP contribution in [-0.2, 0) is 9.53 Å². The van der Waals surface area contributed by atoms with Crippen LogP contribution in [0.1, 0.15) is 59.3 Å². The van der Waals surface area contributed by atoms with Crippen molar-refractivity contribution in [3.63, 3.8) is 0 Å². The molecule has 2 aromatic carbocycles. The number of nitrogens with one attached hydrogen (secondary N) is 1. The van der Waals surface area contributed by atoms with E-state index in [1.165, 1.54) is 10.8 Å². The summed E-state index contributed by atoms with van der Waals surface area (Å²) in [5, 5.41) is 11.2.